The zero-order valence-electron chi connectivity index (χ0n) is 10.7. The van der Waals surface area contributed by atoms with Crippen LogP contribution in [0.4, 0.5) is 0 Å². The number of hydrogen-bond donors (Lipinski definition) is 2. The lowest BCUT2D eigenvalue weighted by atomic mass is 10.1. The van der Waals surface area contributed by atoms with E-state index in [1.807, 2.05) is 19.1 Å². The maximum Gasteiger partial charge on any atom is 0.226 e. The van der Waals surface area contributed by atoms with Crippen LogP contribution in [0.2, 0.25) is 0 Å². The molecule has 1 aromatic rings. The molecule has 18 heavy (non-hydrogen) atoms. The number of hydrogen-bond acceptors (Lipinski definition) is 3. The number of nitrogens with zero attached hydrogens (tertiary/aromatic N) is 1. The molecule has 0 radical (unpaired) electrons. The Morgan fingerprint density at radius 2 is 2.39 bits per heavy atom. The highest BCUT2D eigenvalue weighted by Gasteiger charge is 2.25. The number of carbonyl (C=O) groups is 1. The zero-order chi connectivity index (χ0) is 13.0. The number of carbonyl (C=O) groups excluding carboxylic acids is 1. The minimum Gasteiger partial charge on any atom is -0.393 e. The molecule has 1 aliphatic rings. The van der Waals surface area contributed by atoms with Gasteiger partial charge in [-0.3, -0.25) is 9.78 Å². The summed E-state index contributed by atoms with van der Waals surface area (Å²) in [6.07, 6.45) is 4.69. The van der Waals surface area contributed by atoms with Gasteiger partial charge in [0.1, 0.15) is 0 Å². The molecule has 0 saturated heterocycles. The largest absolute Gasteiger partial charge is 0.393 e. The molecule has 0 bridgehead atoms. The summed E-state index contributed by atoms with van der Waals surface area (Å²) >= 11 is 0. The van der Waals surface area contributed by atoms with Crippen LogP contribution >= 0.6 is 0 Å². The highest BCUT2D eigenvalue weighted by atomic mass is 16.3. The summed E-state index contributed by atoms with van der Waals surface area (Å²) in [5.41, 5.74) is 1.86. The molecule has 2 atom stereocenters. The molecule has 1 heterocycles. The number of amides is 1. The van der Waals surface area contributed by atoms with Crippen LogP contribution in [0.5, 0.6) is 0 Å². The predicted molar refractivity (Wildman–Crippen MR) is 69.0 cm³/mol. The van der Waals surface area contributed by atoms with Crippen LogP contribution in [0.15, 0.2) is 18.3 Å². The molecule has 1 saturated carbocycles. The van der Waals surface area contributed by atoms with Crippen molar-refractivity contribution >= 4 is 5.91 Å². The predicted octanol–water partition coefficient (Wildman–Crippen LogP) is 1.21. The Balaban J connectivity index is 1.80. The van der Waals surface area contributed by atoms with Crippen molar-refractivity contribution in [3.63, 3.8) is 0 Å². The number of aromatic nitrogens is 1. The van der Waals surface area contributed by atoms with E-state index in [1.54, 1.807) is 6.20 Å². The van der Waals surface area contributed by atoms with E-state index in [2.05, 4.69) is 10.3 Å². The Morgan fingerprint density at radius 3 is 3.06 bits per heavy atom. The number of aliphatic hydroxyl groups is 1. The van der Waals surface area contributed by atoms with E-state index in [1.165, 1.54) is 0 Å². The number of pyridine rings is 1. The van der Waals surface area contributed by atoms with Crippen molar-refractivity contribution in [3.8, 4) is 0 Å². The number of rotatable bonds is 4. The van der Waals surface area contributed by atoms with Gasteiger partial charge >= 0.3 is 0 Å². The van der Waals surface area contributed by atoms with Crippen LogP contribution in [-0.2, 0) is 11.2 Å². The fourth-order valence-electron chi connectivity index (χ4n) is 2.42. The quantitative estimate of drug-likeness (QED) is 0.842. The maximum atomic E-state index is 11.8. The molecule has 4 heteroatoms. The highest BCUT2D eigenvalue weighted by molar-refractivity contribution is 5.78. The summed E-state index contributed by atoms with van der Waals surface area (Å²) in [6.45, 7) is 2.53. The molecule has 98 valence electrons. The van der Waals surface area contributed by atoms with E-state index in [9.17, 15) is 9.90 Å². The van der Waals surface area contributed by atoms with Crippen molar-refractivity contribution in [1.29, 1.82) is 0 Å². The molecular weight excluding hydrogens is 228 g/mol. The van der Waals surface area contributed by atoms with Crippen LogP contribution in [0, 0.1) is 12.8 Å². The summed E-state index contributed by atoms with van der Waals surface area (Å²) in [7, 11) is 0. The van der Waals surface area contributed by atoms with Gasteiger partial charge in [-0.15, -0.1) is 0 Å². The molecule has 2 rings (SSSR count). The van der Waals surface area contributed by atoms with Gasteiger partial charge in [-0.2, -0.15) is 0 Å². The first kappa shape index (κ1) is 13.0. The lowest BCUT2D eigenvalue weighted by Gasteiger charge is -2.15. The SMILES string of the molecule is Cc1cccnc1CC(=O)NCC1CCCC1O. The third kappa shape index (κ3) is 3.29. The standard InChI is InChI=1S/C14H20N2O2/c1-10-4-3-7-15-12(10)8-14(18)16-9-11-5-2-6-13(11)17/h3-4,7,11,13,17H,2,5-6,8-9H2,1H3,(H,16,18). The molecule has 1 aromatic heterocycles. The molecule has 1 amide bonds. The lowest BCUT2D eigenvalue weighted by molar-refractivity contribution is -0.120. The van der Waals surface area contributed by atoms with Crippen LogP contribution in [0.1, 0.15) is 30.5 Å². The monoisotopic (exact) mass is 248 g/mol. The van der Waals surface area contributed by atoms with Gasteiger partial charge in [-0.25, -0.2) is 0 Å². The van der Waals surface area contributed by atoms with Gasteiger partial charge in [0.05, 0.1) is 18.2 Å². The second-order valence-electron chi connectivity index (χ2n) is 5.01. The van der Waals surface area contributed by atoms with E-state index in [4.69, 9.17) is 0 Å². The number of aryl methyl sites for hydroxylation is 1. The average molecular weight is 248 g/mol. The van der Waals surface area contributed by atoms with E-state index in [0.717, 1.165) is 30.5 Å². The Morgan fingerprint density at radius 1 is 1.56 bits per heavy atom. The van der Waals surface area contributed by atoms with Gasteiger partial charge in [-0.1, -0.05) is 12.5 Å². The van der Waals surface area contributed by atoms with Crippen molar-refractivity contribution in [2.24, 2.45) is 5.92 Å². The second kappa shape index (κ2) is 5.96. The first-order valence-corrected chi connectivity index (χ1v) is 6.52. The van der Waals surface area contributed by atoms with Crippen molar-refractivity contribution < 1.29 is 9.90 Å². The van der Waals surface area contributed by atoms with Gasteiger partial charge in [0.15, 0.2) is 0 Å². The molecule has 4 nitrogen and oxygen atoms in total. The van der Waals surface area contributed by atoms with Gasteiger partial charge in [0, 0.05) is 18.7 Å². The second-order valence-corrected chi connectivity index (χ2v) is 5.01. The molecule has 2 N–H and O–H groups in total. The zero-order valence-corrected chi connectivity index (χ0v) is 10.7. The van der Waals surface area contributed by atoms with Gasteiger partial charge in [-0.05, 0) is 31.4 Å². The minimum atomic E-state index is -0.248. The van der Waals surface area contributed by atoms with Crippen molar-refractivity contribution in [2.75, 3.05) is 6.54 Å². The van der Waals surface area contributed by atoms with Crippen LogP contribution in [0.3, 0.4) is 0 Å². The fraction of sp³-hybridized carbons (Fsp3) is 0.571. The topological polar surface area (TPSA) is 62.2 Å². The molecule has 1 aliphatic carbocycles. The van der Waals surface area contributed by atoms with Gasteiger partial charge in [0.25, 0.3) is 0 Å². The summed E-state index contributed by atoms with van der Waals surface area (Å²) in [5.74, 6) is 0.203. The van der Waals surface area contributed by atoms with Crippen molar-refractivity contribution in [3.05, 3.63) is 29.6 Å². The maximum absolute atomic E-state index is 11.8. The third-order valence-corrected chi connectivity index (χ3v) is 3.63. The van der Waals surface area contributed by atoms with Crippen LogP contribution in [-0.4, -0.2) is 28.6 Å². The molecule has 0 spiro atoms. The Hall–Kier alpha value is -1.42. The van der Waals surface area contributed by atoms with E-state index in [-0.39, 0.29) is 17.9 Å². The number of nitrogens with one attached hydrogen (secondary N) is 1. The van der Waals surface area contributed by atoms with Crippen LogP contribution < -0.4 is 5.32 Å². The van der Waals surface area contributed by atoms with E-state index < -0.39 is 0 Å². The van der Waals surface area contributed by atoms with Gasteiger partial charge < -0.3 is 10.4 Å². The molecule has 1 fully saturated rings. The highest BCUT2D eigenvalue weighted by Crippen LogP contribution is 2.24. The van der Waals surface area contributed by atoms with E-state index >= 15 is 0 Å². The average Bonchev–Trinajstić information content (AvgIpc) is 2.75. The Bertz CT molecular complexity index is 420. The smallest absolute Gasteiger partial charge is 0.226 e. The lowest BCUT2D eigenvalue weighted by Crippen LogP contribution is -2.33. The number of aliphatic hydroxyl groups excluding tert-OH is 1. The normalized spacial score (nSPS) is 23.0. The van der Waals surface area contributed by atoms with Gasteiger partial charge in [0.2, 0.25) is 5.91 Å². The Labute approximate surface area is 107 Å². The molecular formula is C14H20N2O2. The fourth-order valence-corrected chi connectivity index (χ4v) is 2.42. The molecule has 2 unspecified atom stereocenters. The summed E-state index contributed by atoms with van der Waals surface area (Å²) in [6, 6.07) is 3.82. The summed E-state index contributed by atoms with van der Waals surface area (Å²) in [4.78, 5) is 16.0. The summed E-state index contributed by atoms with van der Waals surface area (Å²) in [5, 5.41) is 12.6. The van der Waals surface area contributed by atoms with Crippen molar-refractivity contribution in [1.82, 2.24) is 10.3 Å². The third-order valence-electron chi connectivity index (χ3n) is 3.63. The van der Waals surface area contributed by atoms with Crippen molar-refractivity contribution in [2.45, 2.75) is 38.7 Å². The minimum absolute atomic E-state index is 0.0177. The first-order valence-electron chi connectivity index (χ1n) is 6.52. The molecule has 0 aromatic carbocycles. The summed E-state index contributed by atoms with van der Waals surface area (Å²) < 4.78 is 0. The van der Waals surface area contributed by atoms with Crippen LogP contribution in [0.25, 0.3) is 0 Å². The van der Waals surface area contributed by atoms with E-state index in [0.29, 0.717) is 13.0 Å². The Kier molecular flexibility index (Phi) is 4.31. The molecule has 0 aliphatic heterocycles. The first-order chi connectivity index (χ1) is 8.66.